The summed E-state index contributed by atoms with van der Waals surface area (Å²) in [5.74, 6) is 0.663. The van der Waals surface area contributed by atoms with Gasteiger partial charge in [0.25, 0.3) is 0 Å². The Balaban J connectivity index is 1.83. The summed E-state index contributed by atoms with van der Waals surface area (Å²) in [6, 6.07) is 8.20. The highest BCUT2D eigenvalue weighted by atomic mass is 15.1. The Kier molecular flexibility index (Phi) is 2.49. The molecule has 3 rings (SSSR count). The smallest absolute Gasteiger partial charge is 0.227 e. The molecule has 0 bridgehead atoms. The normalized spacial score (nSPS) is 13.5. The average molecular weight is 226 g/mol. The van der Waals surface area contributed by atoms with E-state index in [-0.39, 0.29) is 0 Å². The Labute approximate surface area is 100 Å². The Morgan fingerprint density at radius 3 is 2.82 bits per heavy atom. The zero-order valence-corrected chi connectivity index (χ0v) is 9.70. The zero-order valence-electron chi connectivity index (χ0n) is 9.70. The van der Waals surface area contributed by atoms with Crippen LogP contribution in [0.4, 0.5) is 11.6 Å². The van der Waals surface area contributed by atoms with Crippen molar-refractivity contribution in [2.75, 3.05) is 5.32 Å². The van der Waals surface area contributed by atoms with Crippen LogP contribution >= 0.6 is 0 Å². The molecule has 86 valence electrons. The van der Waals surface area contributed by atoms with Gasteiger partial charge in [-0.1, -0.05) is 17.7 Å². The molecule has 1 aromatic carbocycles. The lowest BCUT2D eigenvalue weighted by molar-refractivity contribution is 0.758. The number of anilines is 2. The largest absolute Gasteiger partial charge is 0.324 e. The Hall–Kier alpha value is -1.94. The summed E-state index contributed by atoms with van der Waals surface area (Å²) in [7, 11) is 0. The van der Waals surface area contributed by atoms with Crippen molar-refractivity contribution in [3.63, 3.8) is 0 Å². The van der Waals surface area contributed by atoms with Crippen molar-refractivity contribution < 1.29 is 0 Å². The second kappa shape index (κ2) is 4.14. The predicted molar refractivity (Wildman–Crippen MR) is 67.0 cm³/mol. The second-order valence-corrected chi connectivity index (χ2v) is 4.26. The maximum atomic E-state index is 4.49. The lowest BCUT2D eigenvalue weighted by atomic mass is 10.2. The minimum atomic E-state index is 0.663. The molecule has 4 nitrogen and oxygen atoms in total. The van der Waals surface area contributed by atoms with Crippen molar-refractivity contribution in [3.05, 3.63) is 47.3 Å². The minimum Gasteiger partial charge on any atom is -0.324 e. The third-order valence-corrected chi connectivity index (χ3v) is 2.87. The van der Waals surface area contributed by atoms with E-state index in [4.69, 9.17) is 0 Å². The van der Waals surface area contributed by atoms with Gasteiger partial charge in [0, 0.05) is 30.5 Å². The Morgan fingerprint density at radius 2 is 2.00 bits per heavy atom. The van der Waals surface area contributed by atoms with Crippen molar-refractivity contribution in [1.82, 2.24) is 15.3 Å². The summed E-state index contributed by atoms with van der Waals surface area (Å²) in [4.78, 5) is 8.79. The Morgan fingerprint density at radius 1 is 1.18 bits per heavy atom. The van der Waals surface area contributed by atoms with Crippen molar-refractivity contribution >= 4 is 11.6 Å². The fourth-order valence-electron chi connectivity index (χ4n) is 1.88. The van der Waals surface area contributed by atoms with E-state index in [2.05, 4.69) is 39.7 Å². The number of aryl methyl sites for hydroxylation is 1. The summed E-state index contributed by atoms with van der Waals surface area (Å²) in [6.07, 6.45) is 1.89. The van der Waals surface area contributed by atoms with Crippen LogP contribution in [0.3, 0.4) is 0 Å². The van der Waals surface area contributed by atoms with Crippen LogP contribution in [0.2, 0.25) is 0 Å². The monoisotopic (exact) mass is 226 g/mol. The van der Waals surface area contributed by atoms with E-state index in [0.717, 1.165) is 24.5 Å². The highest BCUT2D eigenvalue weighted by molar-refractivity contribution is 5.53. The van der Waals surface area contributed by atoms with Gasteiger partial charge in [-0.2, -0.15) is 0 Å². The molecular weight excluding hydrogens is 212 g/mol. The molecule has 0 fully saturated rings. The van der Waals surface area contributed by atoms with Crippen molar-refractivity contribution in [2.45, 2.75) is 20.0 Å². The van der Waals surface area contributed by atoms with Crippen LogP contribution < -0.4 is 10.6 Å². The molecule has 2 heterocycles. The molecule has 1 aliphatic heterocycles. The van der Waals surface area contributed by atoms with E-state index in [0.29, 0.717) is 5.95 Å². The van der Waals surface area contributed by atoms with Gasteiger partial charge in [0.2, 0.25) is 5.95 Å². The van der Waals surface area contributed by atoms with Crippen LogP contribution in [0.5, 0.6) is 0 Å². The summed E-state index contributed by atoms with van der Waals surface area (Å²) in [6.45, 7) is 3.78. The van der Waals surface area contributed by atoms with Crippen LogP contribution in [-0.2, 0) is 13.1 Å². The number of hydrogen-bond acceptors (Lipinski definition) is 4. The van der Waals surface area contributed by atoms with E-state index >= 15 is 0 Å². The third kappa shape index (κ3) is 2.12. The molecule has 2 aromatic rings. The SMILES string of the molecule is Cc1ccc(Nc2ncc3c(n2)CNC3)cc1. The van der Waals surface area contributed by atoms with Gasteiger partial charge in [0.1, 0.15) is 0 Å². The summed E-state index contributed by atoms with van der Waals surface area (Å²) < 4.78 is 0. The number of hydrogen-bond donors (Lipinski definition) is 2. The third-order valence-electron chi connectivity index (χ3n) is 2.87. The number of nitrogens with one attached hydrogen (secondary N) is 2. The first-order chi connectivity index (χ1) is 8.31. The molecule has 1 aromatic heterocycles. The van der Waals surface area contributed by atoms with Gasteiger partial charge in [-0.05, 0) is 19.1 Å². The van der Waals surface area contributed by atoms with Crippen LogP contribution in [0.25, 0.3) is 0 Å². The van der Waals surface area contributed by atoms with Crippen LogP contribution in [0.1, 0.15) is 16.8 Å². The van der Waals surface area contributed by atoms with Crippen molar-refractivity contribution in [1.29, 1.82) is 0 Å². The highest BCUT2D eigenvalue weighted by Gasteiger charge is 2.12. The molecule has 17 heavy (non-hydrogen) atoms. The molecular formula is C13H14N4. The molecule has 0 saturated carbocycles. The maximum Gasteiger partial charge on any atom is 0.227 e. The molecule has 0 unspecified atom stereocenters. The van der Waals surface area contributed by atoms with E-state index < -0.39 is 0 Å². The quantitative estimate of drug-likeness (QED) is 0.823. The number of aromatic nitrogens is 2. The van der Waals surface area contributed by atoms with Gasteiger partial charge >= 0.3 is 0 Å². The van der Waals surface area contributed by atoms with Gasteiger partial charge in [-0.15, -0.1) is 0 Å². The predicted octanol–water partition coefficient (Wildman–Crippen LogP) is 2.13. The van der Waals surface area contributed by atoms with Gasteiger partial charge in [-0.3, -0.25) is 0 Å². The first kappa shape index (κ1) is 10.2. The van der Waals surface area contributed by atoms with Gasteiger partial charge in [0.15, 0.2) is 0 Å². The molecule has 4 heteroatoms. The fourth-order valence-corrected chi connectivity index (χ4v) is 1.88. The number of rotatable bonds is 2. The highest BCUT2D eigenvalue weighted by Crippen LogP contribution is 2.17. The summed E-state index contributed by atoms with van der Waals surface area (Å²) in [5, 5.41) is 6.47. The first-order valence-corrected chi connectivity index (χ1v) is 5.70. The molecule has 0 atom stereocenters. The number of nitrogens with zero attached hydrogens (tertiary/aromatic N) is 2. The lowest BCUT2D eigenvalue weighted by Crippen LogP contribution is -2.01. The van der Waals surface area contributed by atoms with E-state index in [1.165, 1.54) is 11.1 Å². The van der Waals surface area contributed by atoms with Gasteiger partial charge < -0.3 is 10.6 Å². The maximum absolute atomic E-state index is 4.49. The van der Waals surface area contributed by atoms with E-state index in [1.54, 1.807) is 0 Å². The molecule has 0 aliphatic carbocycles. The average Bonchev–Trinajstić information content (AvgIpc) is 2.79. The lowest BCUT2D eigenvalue weighted by Gasteiger charge is -2.06. The first-order valence-electron chi connectivity index (χ1n) is 5.70. The van der Waals surface area contributed by atoms with E-state index in [9.17, 15) is 0 Å². The molecule has 0 saturated heterocycles. The fraction of sp³-hybridized carbons (Fsp3) is 0.231. The molecule has 0 spiro atoms. The summed E-state index contributed by atoms with van der Waals surface area (Å²) >= 11 is 0. The molecule has 0 radical (unpaired) electrons. The van der Waals surface area contributed by atoms with Crippen LogP contribution in [-0.4, -0.2) is 9.97 Å². The van der Waals surface area contributed by atoms with Gasteiger partial charge in [0.05, 0.1) is 5.69 Å². The molecule has 2 N–H and O–H groups in total. The van der Waals surface area contributed by atoms with Crippen molar-refractivity contribution in [2.24, 2.45) is 0 Å². The van der Waals surface area contributed by atoms with Crippen LogP contribution in [0.15, 0.2) is 30.5 Å². The standard InChI is InChI=1S/C13H14N4/c1-9-2-4-11(5-3-9)16-13-15-7-10-6-14-8-12(10)17-13/h2-5,7,14H,6,8H2,1H3,(H,15,16,17). The van der Waals surface area contributed by atoms with Crippen molar-refractivity contribution in [3.8, 4) is 0 Å². The summed E-state index contributed by atoms with van der Waals surface area (Å²) in [5.41, 5.74) is 4.55. The molecule has 1 aliphatic rings. The number of benzene rings is 1. The molecule has 0 amide bonds. The topological polar surface area (TPSA) is 49.8 Å². The second-order valence-electron chi connectivity index (χ2n) is 4.26. The van der Waals surface area contributed by atoms with Crippen LogP contribution in [0, 0.1) is 6.92 Å². The zero-order chi connectivity index (χ0) is 11.7. The van der Waals surface area contributed by atoms with Gasteiger partial charge in [-0.25, -0.2) is 9.97 Å². The van der Waals surface area contributed by atoms with E-state index in [1.807, 2.05) is 18.3 Å². The minimum absolute atomic E-state index is 0.663. The number of fused-ring (bicyclic) bond motifs is 1. The Bertz CT molecular complexity index is 534.